The number of furan rings is 1. The number of rotatable bonds is 5. The lowest BCUT2D eigenvalue weighted by Crippen LogP contribution is -2.45. The van der Waals surface area contributed by atoms with Gasteiger partial charge in [-0.25, -0.2) is 4.99 Å². The SMILES string of the molecule is c1ccc(C2N=C(c3ccc(-c4cc5ccccc5c5ccccc45)c4oc5cnccc5c34)NC(c3ccc(-c4cccc5ccccc45)cc3)N2)cc1. The van der Waals surface area contributed by atoms with Crippen LogP contribution in [0.3, 0.4) is 0 Å². The molecular weight excluding hydrogens is 673 g/mol. The van der Waals surface area contributed by atoms with Gasteiger partial charge in [-0.15, -0.1) is 0 Å². The van der Waals surface area contributed by atoms with Crippen LogP contribution in [-0.2, 0) is 0 Å². The van der Waals surface area contributed by atoms with E-state index >= 15 is 0 Å². The van der Waals surface area contributed by atoms with E-state index < -0.39 is 0 Å². The number of nitrogens with zero attached hydrogens (tertiary/aromatic N) is 2. The highest BCUT2D eigenvalue weighted by atomic mass is 16.3. The second-order valence-corrected chi connectivity index (χ2v) is 14.2. The van der Waals surface area contributed by atoms with Crippen LogP contribution in [0.2, 0.25) is 0 Å². The lowest BCUT2D eigenvalue weighted by Gasteiger charge is -2.32. The standard InChI is InChI=1S/C50H34N4O/c1-2-12-33(13-3-1)48-52-49(34-23-21-32(22-24-34)37-20-10-15-31-11-4-6-16-36(31)37)54-50(53-48)43-26-25-41(47-46(43)42-27-28-51-30-45(42)55-47)44-29-35-14-5-7-17-38(35)39-18-8-9-19-40(39)44/h1-30,48-49,52H,(H,53,54). The molecule has 0 amide bonds. The van der Waals surface area contributed by atoms with E-state index in [0.29, 0.717) is 0 Å². The van der Waals surface area contributed by atoms with Gasteiger partial charge in [0.25, 0.3) is 0 Å². The quantitative estimate of drug-likeness (QED) is 0.175. The fourth-order valence-electron chi connectivity index (χ4n) is 8.43. The molecule has 0 aliphatic carbocycles. The number of amidine groups is 1. The Balaban J connectivity index is 1.07. The first kappa shape index (κ1) is 31.4. The number of aromatic nitrogens is 1. The molecule has 2 N–H and O–H groups in total. The first-order chi connectivity index (χ1) is 27.3. The second-order valence-electron chi connectivity index (χ2n) is 14.2. The van der Waals surface area contributed by atoms with Gasteiger partial charge in [0.05, 0.1) is 6.20 Å². The van der Waals surface area contributed by atoms with Crippen LogP contribution >= 0.6 is 0 Å². The minimum atomic E-state index is -0.279. The van der Waals surface area contributed by atoms with Crippen molar-refractivity contribution in [2.75, 3.05) is 0 Å². The molecule has 0 saturated carbocycles. The first-order valence-electron chi connectivity index (χ1n) is 18.7. The van der Waals surface area contributed by atoms with Gasteiger partial charge in [0.2, 0.25) is 0 Å². The van der Waals surface area contributed by atoms with E-state index in [1.807, 2.05) is 24.5 Å². The molecule has 2 aromatic heterocycles. The molecule has 0 spiro atoms. The minimum absolute atomic E-state index is 0.210. The van der Waals surface area contributed by atoms with Crippen LogP contribution in [0.4, 0.5) is 0 Å². The molecule has 5 heteroatoms. The average molecular weight is 707 g/mol. The summed E-state index contributed by atoms with van der Waals surface area (Å²) < 4.78 is 6.78. The molecule has 3 heterocycles. The van der Waals surface area contributed by atoms with Gasteiger partial charge in [-0.05, 0) is 84.4 Å². The van der Waals surface area contributed by atoms with Crippen molar-refractivity contribution in [1.82, 2.24) is 15.6 Å². The number of benzene rings is 8. The van der Waals surface area contributed by atoms with Gasteiger partial charge >= 0.3 is 0 Å². The van der Waals surface area contributed by atoms with Crippen LogP contribution in [0.1, 0.15) is 29.0 Å². The van der Waals surface area contributed by atoms with Crippen molar-refractivity contribution in [2.24, 2.45) is 4.99 Å². The molecule has 0 fully saturated rings. The predicted octanol–water partition coefficient (Wildman–Crippen LogP) is 12.1. The van der Waals surface area contributed by atoms with E-state index in [9.17, 15) is 0 Å². The molecule has 0 radical (unpaired) electrons. The third kappa shape index (κ3) is 5.28. The van der Waals surface area contributed by atoms with E-state index in [1.54, 1.807) is 0 Å². The van der Waals surface area contributed by atoms with Crippen LogP contribution in [0, 0.1) is 0 Å². The summed E-state index contributed by atoms with van der Waals surface area (Å²) in [6.07, 6.45) is 3.16. The van der Waals surface area contributed by atoms with Crippen LogP contribution < -0.4 is 10.6 Å². The predicted molar refractivity (Wildman–Crippen MR) is 226 cm³/mol. The van der Waals surface area contributed by atoms with Crippen LogP contribution in [0.5, 0.6) is 0 Å². The normalized spacial score (nSPS) is 15.8. The van der Waals surface area contributed by atoms with Crippen LogP contribution in [0.25, 0.3) is 76.5 Å². The molecular formula is C50H34N4O. The molecule has 1 aliphatic heterocycles. The lowest BCUT2D eigenvalue weighted by atomic mass is 9.91. The van der Waals surface area contributed by atoms with Crippen LogP contribution in [0.15, 0.2) is 192 Å². The maximum atomic E-state index is 6.78. The monoisotopic (exact) mass is 706 g/mol. The number of pyridine rings is 1. The zero-order valence-corrected chi connectivity index (χ0v) is 29.8. The van der Waals surface area contributed by atoms with Gasteiger partial charge in [-0.3, -0.25) is 10.3 Å². The summed E-state index contributed by atoms with van der Waals surface area (Å²) in [5, 5.41) is 16.9. The van der Waals surface area contributed by atoms with Crippen molar-refractivity contribution < 1.29 is 4.42 Å². The zero-order chi connectivity index (χ0) is 36.3. The Morgan fingerprint density at radius 1 is 0.491 bits per heavy atom. The number of fused-ring (bicyclic) bond motifs is 7. The molecule has 1 aliphatic rings. The summed E-state index contributed by atoms with van der Waals surface area (Å²) in [5.41, 5.74) is 9.32. The highest BCUT2D eigenvalue weighted by Gasteiger charge is 2.28. The highest BCUT2D eigenvalue weighted by Crippen LogP contribution is 2.43. The van der Waals surface area contributed by atoms with Crippen molar-refractivity contribution in [3.05, 3.63) is 199 Å². The van der Waals surface area contributed by atoms with Crippen LogP contribution in [-0.4, -0.2) is 10.8 Å². The van der Waals surface area contributed by atoms with Gasteiger partial charge in [0, 0.05) is 28.1 Å². The van der Waals surface area contributed by atoms with Gasteiger partial charge in [0.15, 0.2) is 5.58 Å². The molecule has 260 valence electrons. The van der Waals surface area contributed by atoms with Gasteiger partial charge < -0.3 is 9.73 Å². The Kier molecular flexibility index (Phi) is 7.32. The molecule has 10 aromatic rings. The Hall–Kier alpha value is -7.08. The van der Waals surface area contributed by atoms with Gasteiger partial charge in [0.1, 0.15) is 23.8 Å². The molecule has 5 nitrogen and oxygen atoms in total. The maximum Gasteiger partial charge on any atom is 0.153 e. The number of hydrogen-bond donors (Lipinski definition) is 2. The number of nitrogens with one attached hydrogen (secondary N) is 2. The van der Waals surface area contributed by atoms with E-state index in [0.717, 1.165) is 55.6 Å². The third-order valence-electron chi connectivity index (χ3n) is 11.1. The van der Waals surface area contributed by atoms with Crippen molar-refractivity contribution in [3.8, 4) is 22.3 Å². The smallest absolute Gasteiger partial charge is 0.153 e. The molecule has 11 rings (SSSR count). The van der Waals surface area contributed by atoms with Gasteiger partial charge in [-0.2, -0.15) is 0 Å². The summed E-state index contributed by atoms with van der Waals surface area (Å²) in [5.74, 6) is 0.801. The maximum absolute atomic E-state index is 6.78. The third-order valence-corrected chi connectivity index (χ3v) is 11.1. The number of hydrogen-bond acceptors (Lipinski definition) is 5. The average Bonchev–Trinajstić information content (AvgIpc) is 3.66. The first-order valence-corrected chi connectivity index (χ1v) is 18.7. The fourth-order valence-corrected chi connectivity index (χ4v) is 8.43. The summed E-state index contributed by atoms with van der Waals surface area (Å²) in [4.78, 5) is 9.81. The van der Waals surface area contributed by atoms with Crippen molar-refractivity contribution in [1.29, 1.82) is 0 Å². The summed E-state index contributed by atoms with van der Waals surface area (Å²) in [6, 6.07) is 60.4. The summed E-state index contributed by atoms with van der Waals surface area (Å²) in [7, 11) is 0. The lowest BCUT2D eigenvalue weighted by molar-refractivity contribution is 0.409. The van der Waals surface area contributed by atoms with Crippen molar-refractivity contribution in [3.63, 3.8) is 0 Å². The molecule has 0 saturated heterocycles. The Morgan fingerprint density at radius 3 is 2.05 bits per heavy atom. The Labute approximate surface area is 317 Å². The Morgan fingerprint density at radius 2 is 1.20 bits per heavy atom. The summed E-state index contributed by atoms with van der Waals surface area (Å²) >= 11 is 0. The number of aliphatic imine (C=N–C) groups is 1. The minimum Gasteiger partial charge on any atom is -0.454 e. The second kappa shape index (κ2) is 12.8. The summed E-state index contributed by atoms with van der Waals surface area (Å²) in [6.45, 7) is 0. The van der Waals surface area contributed by atoms with Crippen molar-refractivity contribution >= 4 is 60.1 Å². The molecule has 8 aromatic carbocycles. The highest BCUT2D eigenvalue weighted by molar-refractivity contribution is 6.23. The van der Waals surface area contributed by atoms with Gasteiger partial charge in [-0.1, -0.05) is 146 Å². The van der Waals surface area contributed by atoms with E-state index in [2.05, 4.69) is 173 Å². The topological polar surface area (TPSA) is 62.5 Å². The fraction of sp³-hybridized carbons (Fsp3) is 0.0400. The van der Waals surface area contributed by atoms with E-state index in [1.165, 1.54) is 43.4 Å². The largest absolute Gasteiger partial charge is 0.454 e. The van der Waals surface area contributed by atoms with E-state index in [-0.39, 0.29) is 12.3 Å². The zero-order valence-electron chi connectivity index (χ0n) is 29.8. The molecule has 55 heavy (non-hydrogen) atoms. The Bertz CT molecular complexity index is 3110. The molecule has 2 unspecified atom stereocenters. The molecule has 0 bridgehead atoms. The van der Waals surface area contributed by atoms with E-state index in [4.69, 9.17) is 9.41 Å². The molecule has 2 atom stereocenters. The van der Waals surface area contributed by atoms with Crippen molar-refractivity contribution in [2.45, 2.75) is 12.3 Å².